The second kappa shape index (κ2) is 7.96. The van der Waals surface area contributed by atoms with Crippen molar-refractivity contribution in [2.75, 3.05) is 0 Å². The van der Waals surface area contributed by atoms with Crippen molar-refractivity contribution < 1.29 is 39.6 Å². The van der Waals surface area contributed by atoms with Crippen molar-refractivity contribution in [3.8, 4) is 0 Å². The molecule has 0 fully saturated rings. The first-order valence-electron chi connectivity index (χ1n) is 4.55. The molecule has 8 nitrogen and oxygen atoms in total. The summed E-state index contributed by atoms with van der Waals surface area (Å²) in [6.45, 7) is 4.97. The molecule has 18 heavy (non-hydrogen) atoms. The van der Waals surface area contributed by atoms with Crippen molar-refractivity contribution in [3.63, 3.8) is 0 Å². The van der Waals surface area contributed by atoms with E-state index in [-0.39, 0.29) is 0 Å². The predicted octanol–water partition coefficient (Wildman–Crippen LogP) is -0.487. The van der Waals surface area contributed by atoms with E-state index in [1.165, 1.54) is 0 Å². The summed E-state index contributed by atoms with van der Waals surface area (Å²) in [7, 11) is 0. The first-order valence-corrected chi connectivity index (χ1v) is 4.55. The molecule has 8 heteroatoms. The molecule has 0 aromatic carbocycles. The maximum absolute atomic E-state index is 10.3. The van der Waals surface area contributed by atoms with Crippen molar-refractivity contribution in [2.45, 2.75) is 25.4 Å². The average molecular weight is 262 g/mol. The minimum absolute atomic E-state index is 0.574. The Morgan fingerprint density at radius 2 is 1.39 bits per heavy atom. The smallest absolute Gasteiger partial charge is 0.336 e. The van der Waals surface area contributed by atoms with Gasteiger partial charge < -0.3 is 20.4 Å². The van der Waals surface area contributed by atoms with Crippen LogP contribution in [0.15, 0.2) is 12.2 Å². The van der Waals surface area contributed by atoms with Crippen molar-refractivity contribution in [3.05, 3.63) is 12.2 Å². The highest BCUT2D eigenvalue weighted by molar-refractivity contribution is 5.88. The third-order valence-corrected chi connectivity index (χ3v) is 1.49. The molecule has 0 amide bonds. The predicted molar refractivity (Wildman–Crippen MR) is 58.0 cm³/mol. The average Bonchev–Trinajstić information content (AvgIpc) is 2.15. The maximum atomic E-state index is 10.3. The van der Waals surface area contributed by atoms with E-state index < -0.39 is 36.4 Å². The summed E-state index contributed by atoms with van der Waals surface area (Å²) in [4.78, 5) is 39.9. The van der Waals surface area contributed by atoms with Crippen LogP contribution < -0.4 is 0 Å². The number of aliphatic hydroxyl groups is 1. The van der Waals surface area contributed by atoms with E-state index in [0.717, 1.165) is 6.29 Å². The molecule has 0 aliphatic carbocycles. The number of carboxylic acids is 3. The summed E-state index contributed by atoms with van der Waals surface area (Å²) in [5.74, 6) is -5.02. The van der Waals surface area contributed by atoms with Crippen LogP contribution in [0.2, 0.25) is 0 Å². The highest BCUT2D eigenvalue weighted by Crippen LogP contribution is 2.15. The van der Waals surface area contributed by atoms with E-state index in [1.54, 1.807) is 6.92 Å². The summed E-state index contributed by atoms with van der Waals surface area (Å²) >= 11 is 0. The van der Waals surface area contributed by atoms with Crippen LogP contribution in [0.4, 0.5) is 0 Å². The van der Waals surface area contributed by atoms with Gasteiger partial charge in [0.25, 0.3) is 0 Å². The number of aldehydes is 1. The van der Waals surface area contributed by atoms with Gasteiger partial charge >= 0.3 is 17.9 Å². The standard InChI is InChI=1S/C6H8O7.C4H6O/c7-3(8)1-6(13,5(11)12)2-4(9)10;1-4(2)3-5/h13H,1-2H2,(H,7,8)(H,9,10)(H,11,12);3H,1H2,2H3. The van der Waals surface area contributed by atoms with Crippen LogP contribution in [0.5, 0.6) is 0 Å². The third kappa shape index (κ3) is 9.04. The highest BCUT2D eigenvalue weighted by atomic mass is 16.4. The molecule has 0 aliphatic rings. The van der Waals surface area contributed by atoms with E-state index in [2.05, 4.69) is 6.58 Å². The van der Waals surface area contributed by atoms with Gasteiger partial charge in [-0.3, -0.25) is 14.4 Å². The number of allylic oxidation sites excluding steroid dienone is 1. The quantitative estimate of drug-likeness (QED) is 0.370. The molecule has 0 unspecified atom stereocenters. The topological polar surface area (TPSA) is 149 Å². The van der Waals surface area contributed by atoms with Gasteiger partial charge in [-0.2, -0.15) is 0 Å². The second-order valence-electron chi connectivity index (χ2n) is 3.44. The van der Waals surface area contributed by atoms with E-state index in [4.69, 9.17) is 20.4 Å². The molecule has 102 valence electrons. The van der Waals surface area contributed by atoms with E-state index in [1.807, 2.05) is 0 Å². The lowest BCUT2D eigenvalue weighted by atomic mass is 9.96. The van der Waals surface area contributed by atoms with Crippen molar-refractivity contribution in [1.82, 2.24) is 0 Å². The van der Waals surface area contributed by atoms with Crippen molar-refractivity contribution >= 4 is 24.2 Å². The van der Waals surface area contributed by atoms with Gasteiger partial charge in [0, 0.05) is 0 Å². The molecule has 0 rings (SSSR count). The monoisotopic (exact) mass is 262 g/mol. The molecule has 0 saturated heterocycles. The summed E-state index contributed by atoms with van der Waals surface area (Å²) in [5.41, 5.74) is -2.16. The fourth-order valence-corrected chi connectivity index (χ4v) is 0.714. The number of carbonyl (C=O) groups is 4. The van der Waals surface area contributed by atoms with Gasteiger partial charge in [0.2, 0.25) is 0 Å². The number of carboxylic acid groups (broad SMARTS) is 3. The van der Waals surface area contributed by atoms with Crippen molar-refractivity contribution in [2.24, 2.45) is 0 Å². The first-order chi connectivity index (χ1) is 8.05. The summed E-state index contributed by atoms with van der Waals surface area (Å²) < 4.78 is 0. The molecule has 0 radical (unpaired) electrons. The van der Waals surface area contributed by atoms with E-state index >= 15 is 0 Å². The normalized spacial score (nSPS) is 9.67. The molecule has 0 saturated carbocycles. The van der Waals surface area contributed by atoms with Gasteiger partial charge in [-0.1, -0.05) is 6.58 Å². The summed E-state index contributed by atoms with van der Waals surface area (Å²) in [6.07, 6.45) is -1.57. The molecule has 0 aromatic rings. The van der Waals surface area contributed by atoms with Crippen LogP contribution in [-0.2, 0) is 19.2 Å². The minimum Gasteiger partial charge on any atom is -0.481 e. The van der Waals surface area contributed by atoms with Crippen molar-refractivity contribution in [1.29, 1.82) is 0 Å². The van der Waals surface area contributed by atoms with Gasteiger partial charge in [0.15, 0.2) is 5.60 Å². The molecule has 0 atom stereocenters. The second-order valence-corrected chi connectivity index (χ2v) is 3.44. The van der Waals surface area contributed by atoms with Crippen LogP contribution in [0.1, 0.15) is 19.8 Å². The zero-order valence-corrected chi connectivity index (χ0v) is 9.62. The first kappa shape index (κ1) is 18.2. The fraction of sp³-hybridized carbons (Fsp3) is 0.400. The molecular weight excluding hydrogens is 248 g/mol. The van der Waals surface area contributed by atoms with Crippen LogP contribution in [0.25, 0.3) is 0 Å². The van der Waals surface area contributed by atoms with Gasteiger partial charge in [-0.25, -0.2) is 4.79 Å². The zero-order chi connectivity index (χ0) is 14.9. The van der Waals surface area contributed by atoms with Gasteiger partial charge in [-0.15, -0.1) is 0 Å². The Morgan fingerprint density at radius 1 is 1.11 bits per heavy atom. The lowest BCUT2D eigenvalue weighted by Crippen LogP contribution is -2.42. The fourth-order valence-electron chi connectivity index (χ4n) is 0.714. The Kier molecular flexibility index (Phi) is 8.03. The number of aliphatic carboxylic acids is 3. The van der Waals surface area contributed by atoms with Crippen LogP contribution in [0, 0.1) is 0 Å². The van der Waals surface area contributed by atoms with E-state index in [0.29, 0.717) is 5.57 Å². The largest absolute Gasteiger partial charge is 0.481 e. The van der Waals surface area contributed by atoms with Gasteiger partial charge in [0.1, 0.15) is 6.29 Å². The number of hydrogen-bond acceptors (Lipinski definition) is 5. The third-order valence-electron chi connectivity index (χ3n) is 1.49. The Balaban J connectivity index is 0. The Morgan fingerprint density at radius 3 is 1.50 bits per heavy atom. The van der Waals surface area contributed by atoms with Crippen LogP contribution >= 0.6 is 0 Å². The Hall–Kier alpha value is -2.22. The molecule has 0 spiro atoms. The molecule has 0 heterocycles. The molecule has 0 aliphatic heterocycles. The van der Waals surface area contributed by atoms with Gasteiger partial charge in [-0.05, 0) is 12.5 Å². The molecule has 0 aromatic heterocycles. The lowest BCUT2D eigenvalue weighted by Gasteiger charge is -2.18. The van der Waals surface area contributed by atoms with Crippen LogP contribution in [-0.4, -0.2) is 50.2 Å². The Labute approximate surface area is 102 Å². The number of rotatable bonds is 6. The number of carbonyl (C=O) groups excluding carboxylic acids is 1. The van der Waals surface area contributed by atoms with E-state index in [9.17, 15) is 19.2 Å². The zero-order valence-electron chi connectivity index (χ0n) is 9.62. The summed E-state index contributed by atoms with van der Waals surface area (Å²) in [6, 6.07) is 0. The molecule has 0 bridgehead atoms. The highest BCUT2D eigenvalue weighted by Gasteiger charge is 2.40. The number of hydrogen-bond donors (Lipinski definition) is 4. The van der Waals surface area contributed by atoms with Crippen LogP contribution in [0.3, 0.4) is 0 Å². The summed E-state index contributed by atoms with van der Waals surface area (Å²) in [5, 5.41) is 33.8. The molecular formula is C10H14O8. The van der Waals surface area contributed by atoms with Gasteiger partial charge in [0.05, 0.1) is 12.8 Å². The molecule has 4 N–H and O–H groups in total. The minimum atomic E-state index is -2.74. The maximum Gasteiger partial charge on any atom is 0.336 e. The lowest BCUT2D eigenvalue weighted by molar-refractivity contribution is -0.170. The SMILES string of the molecule is C=C(C)C=O.O=C(O)CC(O)(CC(=O)O)C(=O)O. The Bertz CT molecular complexity index is 341.